The molecule has 0 saturated heterocycles. The van der Waals surface area contributed by atoms with Crippen LogP contribution >= 0.6 is 0 Å². The van der Waals surface area contributed by atoms with E-state index in [0.717, 1.165) is 40.6 Å². The summed E-state index contributed by atoms with van der Waals surface area (Å²) in [7, 11) is 3.49. The average molecular weight is 597 g/mol. The van der Waals surface area contributed by atoms with Crippen LogP contribution in [0.25, 0.3) is 27.7 Å². The van der Waals surface area contributed by atoms with E-state index >= 15 is 4.39 Å². The quantitative estimate of drug-likeness (QED) is 0.337. The smallest absolute Gasteiger partial charge is 0.319 e. The molecule has 11 heteroatoms. The fraction of sp³-hybridized carbons (Fsp3) is 0.333. The van der Waals surface area contributed by atoms with Gasteiger partial charge >= 0.3 is 6.03 Å². The summed E-state index contributed by atoms with van der Waals surface area (Å²) >= 11 is 0. The molecule has 1 saturated carbocycles. The number of pyridine rings is 2. The molecule has 0 atom stereocenters. The summed E-state index contributed by atoms with van der Waals surface area (Å²) in [6.07, 6.45) is 8.05. The standard InChI is InChI=1S/C33H33FN6O4/c1-38(2)33(43)39-11-7-20(8-12-39)27-17-24-22(5-9-35-30(24)37-27)23-6-10-36-31(25(23)18-41)40-13-14-44-28-16-21(19-3-4-19)15-26(34)29(28)32(40)42/h5-7,9-10,15-17,19,41H,3-4,8,11-14,18H2,1-2H3,(H,35,37). The Balaban J connectivity index is 1.24. The number of amides is 3. The molecule has 7 rings (SSSR count). The minimum absolute atomic E-state index is 0.0189. The van der Waals surface area contributed by atoms with E-state index in [9.17, 15) is 14.7 Å². The lowest BCUT2D eigenvalue weighted by Crippen LogP contribution is -2.41. The molecule has 0 spiro atoms. The molecule has 0 radical (unpaired) electrons. The number of carbonyl (C=O) groups is 2. The SMILES string of the molecule is CN(C)C(=O)N1CC=C(c2cc3c(-c4ccnc(N5CCOc6cc(C7CC7)cc(F)c6C5=O)c4CO)ccnc3[nH]2)CC1. The van der Waals surface area contributed by atoms with Gasteiger partial charge in [-0.2, -0.15) is 0 Å². The minimum atomic E-state index is -0.607. The van der Waals surface area contributed by atoms with Crippen molar-refractivity contribution in [1.29, 1.82) is 0 Å². The number of rotatable bonds is 5. The first kappa shape index (κ1) is 28.0. The van der Waals surface area contributed by atoms with Crippen LogP contribution < -0.4 is 9.64 Å². The average Bonchev–Trinajstić information content (AvgIpc) is 3.82. The molecule has 10 nitrogen and oxygen atoms in total. The predicted molar refractivity (Wildman–Crippen MR) is 164 cm³/mol. The largest absolute Gasteiger partial charge is 0.491 e. The van der Waals surface area contributed by atoms with Crippen LogP contribution in [0.1, 0.15) is 52.4 Å². The van der Waals surface area contributed by atoms with E-state index in [4.69, 9.17) is 4.74 Å². The zero-order chi connectivity index (χ0) is 30.5. The Labute approximate surface area is 253 Å². The Morgan fingerprint density at radius 1 is 1.14 bits per heavy atom. The van der Waals surface area contributed by atoms with Gasteiger partial charge in [0.1, 0.15) is 35.2 Å². The summed E-state index contributed by atoms with van der Waals surface area (Å²) in [5.41, 5.74) is 5.37. The number of fused-ring (bicyclic) bond motifs is 2. The van der Waals surface area contributed by atoms with Gasteiger partial charge in [-0.1, -0.05) is 6.08 Å². The summed E-state index contributed by atoms with van der Waals surface area (Å²) in [5, 5.41) is 11.5. The summed E-state index contributed by atoms with van der Waals surface area (Å²) in [6.45, 7) is 1.05. The molecule has 1 aliphatic carbocycles. The number of H-pyrrole nitrogens is 1. The number of carbonyl (C=O) groups excluding carboxylic acids is 2. The predicted octanol–water partition coefficient (Wildman–Crippen LogP) is 4.94. The van der Waals surface area contributed by atoms with Crippen LogP contribution in [-0.4, -0.2) is 82.1 Å². The maximum Gasteiger partial charge on any atom is 0.319 e. The molecular weight excluding hydrogens is 563 g/mol. The van der Waals surface area contributed by atoms with Gasteiger partial charge in [0, 0.05) is 56.2 Å². The summed E-state index contributed by atoms with van der Waals surface area (Å²) in [5.74, 6) is -0.326. The first-order valence-corrected chi connectivity index (χ1v) is 14.8. The highest BCUT2D eigenvalue weighted by molar-refractivity contribution is 6.09. The van der Waals surface area contributed by atoms with Crippen molar-refractivity contribution in [3.8, 4) is 16.9 Å². The van der Waals surface area contributed by atoms with Crippen molar-refractivity contribution >= 4 is 34.4 Å². The zero-order valence-corrected chi connectivity index (χ0v) is 24.6. The molecule has 3 amide bonds. The van der Waals surface area contributed by atoms with Gasteiger partial charge in [0.05, 0.1) is 13.2 Å². The number of aliphatic hydroxyl groups excluding tert-OH is 1. The number of aromatic amines is 1. The summed E-state index contributed by atoms with van der Waals surface area (Å²) in [6, 6.07) is 8.90. The highest BCUT2D eigenvalue weighted by Crippen LogP contribution is 2.43. The molecule has 2 N–H and O–H groups in total. The lowest BCUT2D eigenvalue weighted by molar-refractivity contribution is 0.0985. The molecular formula is C33H33FN6O4. The molecule has 1 fully saturated rings. The topological polar surface area (TPSA) is 115 Å². The van der Waals surface area contributed by atoms with Crippen LogP contribution in [0.15, 0.2) is 48.8 Å². The van der Waals surface area contributed by atoms with E-state index in [1.807, 2.05) is 12.1 Å². The monoisotopic (exact) mass is 596 g/mol. The van der Waals surface area contributed by atoms with Gasteiger partial charge in [-0.15, -0.1) is 0 Å². The maximum atomic E-state index is 15.4. The van der Waals surface area contributed by atoms with E-state index in [2.05, 4.69) is 21.0 Å². The Hall–Kier alpha value is -4.77. The van der Waals surface area contributed by atoms with E-state index in [1.54, 1.807) is 48.4 Å². The number of aliphatic hydroxyl groups is 1. The summed E-state index contributed by atoms with van der Waals surface area (Å²) in [4.78, 5) is 43.4. The molecule has 0 bridgehead atoms. The number of ether oxygens (including phenoxy) is 1. The van der Waals surface area contributed by atoms with Crippen LogP contribution in [-0.2, 0) is 6.61 Å². The van der Waals surface area contributed by atoms with E-state index in [0.29, 0.717) is 42.2 Å². The van der Waals surface area contributed by atoms with E-state index in [-0.39, 0.29) is 42.9 Å². The fourth-order valence-electron chi connectivity index (χ4n) is 6.19. The zero-order valence-electron chi connectivity index (χ0n) is 24.6. The van der Waals surface area contributed by atoms with Crippen molar-refractivity contribution in [3.63, 3.8) is 0 Å². The number of anilines is 1. The van der Waals surface area contributed by atoms with E-state index in [1.165, 1.54) is 11.0 Å². The van der Waals surface area contributed by atoms with Crippen LogP contribution in [0.2, 0.25) is 0 Å². The molecule has 226 valence electrons. The van der Waals surface area contributed by atoms with Crippen LogP contribution in [0.3, 0.4) is 0 Å². The third-order valence-electron chi connectivity index (χ3n) is 8.63. The van der Waals surface area contributed by atoms with Crippen molar-refractivity contribution < 1.29 is 23.8 Å². The second-order valence-corrected chi connectivity index (χ2v) is 11.7. The van der Waals surface area contributed by atoms with Gasteiger partial charge in [-0.05, 0) is 77.8 Å². The van der Waals surface area contributed by atoms with Gasteiger partial charge in [-0.3, -0.25) is 9.69 Å². The molecule has 5 heterocycles. The number of halogens is 1. The minimum Gasteiger partial charge on any atom is -0.491 e. The number of nitrogens with one attached hydrogen (secondary N) is 1. The lowest BCUT2D eigenvalue weighted by atomic mass is 9.98. The molecule has 1 aromatic carbocycles. The molecule has 2 aliphatic heterocycles. The Kier molecular flexibility index (Phi) is 7.04. The number of urea groups is 1. The lowest BCUT2D eigenvalue weighted by Gasteiger charge is -2.28. The number of benzene rings is 1. The highest BCUT2D eigenvalue weighted by atomic mass is 19.1. The van der Waals surface area contributed by atoms with Crippen molar-refractivity contribution in [1.82, 2.24) is 24.8 Å². The first-order valence-electron chi connectivity index (χ1n) is 14.8. The van der Waals surface area contributed by atoms with Crippen molar-refractivity contribution in [3.05, 3.63) is 77.0 Å². The van der Waals surface area contributed by atoms with E-state index < -0.39 is 11.7 Å². The third kappa shape index (κ3) is 4.86. The fourth-order valence-corrected chi connectivity index (χ4v) is 6.19. The number of aromatic nitrogens is 3. The van der Waals surface area contributed by atoms with Crippen LogP contribution in [0, 0.1) is 5.82 Å². The second-order valence-electron chi connectivity index (χ2n) is 11.7. The number of hydrogen-bond acceptors (Lipinski definition) is 6. The van der Waals surface area contributed by atoms with Crippen molar-refractivity contribution in [2.24, 2.45) is 0 Å². The van der Waals surface area contributed by atoms with Gasteiger partial charge in [0.15, 0.2) is 0 Å². The third-order valence-corrected chi connectivity index (χ3v) is 8.63. The highest BCUT2D eigenvalue weighted by Gasteiger charge is 2.33. The Morgan fingerprint density at radius 2 is 1.93 bits per heavy atom. The Bertz CT molecular complexity index is 1830. The molecule has 4 aromatic rings. The molecule has 44 heavy (non-hydrogen) atoms. The number of hydrogen-bond donors (Lipinski definition) is 2. The van der Waals surface area contributed by atoms with Crippen molar-refractivity contribution in [2.45, 2.75) is 31.8 Å². The Morgan fingerprint density at radius 3 is 2.66 bits per heavy atom. The van der Waals surface area contributed by atoms with Gasteiger partial charge < -0.3 is 24.6 Å². The van der Waals surface area contributed by atoms with Crippen LogP contribution in [0.5, 0.6) is 5.75 Å². The number of nitrogens with zero attached hydrogens (tertiary/aromatic N) is 5. The summed E-state index contributed by atoms with van der Waals surface area (Å²) < 4.78 is 21.2. The van der Waals surface area contributed by atoms with Gasteiger partial charge in [-0.25, -0.2) is 19.2 Å². The van der Waals surface area contributed by atoms with Gasteiger partial charge in [0.2, 0.25) is 0 Å². The molecule has 3 aliphatic rings. The first-order chi connectivity index (χ1) is 21.3. The molecule has 3 aromatic heterocycles. The molecule has 0 unspecified atom stereocenters. The van der Waals surface area contributed by atoms with Crippen LogP contribution in [0.4, 0.5) is 15.0 Å². The normalized spacial score (nSPS) is 16.8. The van der Waals surface area contributed by atoms with Gasteiger partial charge in [0.25, 0.3) is 5.91 Å². The second kappa shape index (κ2) is 11.1. The van der Waals surface area contributed by atoms with Crippen molar-refractivity contribution in [2.75, 3.05) is 45.2 Å². The maximum absolute atomic E-state index is 15.4.